The lowest BCUT2D eigenvalue weighted by Crippen LogP contribution is -2.44. The number of rotatable bonds is 5. The van der Waals surface area contributed by atoms with Gasteiger partial charge in [0, 0.05) is 29.8 Å². The highest BCUT2D eigenvalue weighted by atomic mass is 35.5. The molecule has 0 atom stereocenters. The minimum Gasteiger partial charge on any atom is -0.348 e. The molecule has 33 heavy (non-hydrogen) atoms. The van der Waals surface area contributed by atoms with Crippen LogP contribution in [0.4, 0.5) is 18.9 Å². The number of carbonyl (C=O) groups is 2. The normalized spacial score (nSPS) is 14.0. The maximum atomic E-state index is 13.3. The van der Waals surface area contributed by atoms with Gasteiger partial charge in [-0.3, -0.25) is 9.59 Å². The van der Waals surface area contributed by atoms with Gasteiger partial charge in [-0.05, 0) is 24.3 Å². The first kappa shape index (κ1) is 23.4. The predicted octanol–water partition coefficient (Wildman–Crippen LogP) is 4.69. The Balaban J connectivity index is 1.72. The van der Waals surface area contributed by atoms with Gasteiger partial charge in [0.05, 0.1) is 21.3 Å². The number of hydrogen-bond donors (Lipinski definition) is 2. The Kier molecular flexibility index (Phi) is 6.55. The monoisotopic (exact) mass is 515 g/mol. The highest BCUT2D eigenvalue weighted by Gasteiger charge is 2.37. The Morgan fingerprint density at radius 3 is 2.45 bits per heavy atom. The van der Waals surface area contributed by atoms with Crippen LogP contribution in [0.25, 0.3) is 5.82 Å². The first-order chi connectivity index (χ1) is 15.6. The smallest absolute Gasteiger partial charge is 0.348 e. The van der Waals surface area contributed by atoms with Crippen LogP contribution in [0, 0.1) is 0 Å². The number of nitrogens with zero attached hydrogens (tertiary/aromatic N) is 3. The van der Waals surface area contributed by atoms with E-state index in [0.717, 1.165) is 11.5 Å². The van der Waals surface area contributed by atoms with Crippen molar-refractivity contribution < 1.29 is 22.8 Å². The molecule has 1 aliphatic heterocycles. The number of nitrogens with one attached hydrogen (secondary N) is 2. The van der Waals surface area contributed by atoms with E-state index in [4.69, 9.17) is 23.2 Å². The molecule has 7 nitrogen and oxygen atoms in total. The van der Waals surface area contributed by atoms with Gasteiger partial charge in [-0.2, -0.15) is 30.0 Å². The van der Waals surface area contributed by atoms with Gasteiger partial charge >= 0.3 is 6.18 Å². The molecule has 0 unspecified atom stereocenters. The summed E-state index contributed by atoms with van der Waals surface area (Å²) in [5, 5.41) is 8.77. The maximum absolute atomic E-state index is 13.3. The number of alkyl halides is 3. The van der Waals surface area contributed by atoms with E-state index in [1.807, 2.05) is 0 Å². The summed E-state index contributed by atoms with van der Waals surface area (Å²) in [6, 6.07) is 7.87. The molecule has 3 aromatic rings. The third kappa shape index (κ3) is 4.94. The molecule has 4 rings (SSSR count). The molecule has 2 amide bonds. The van der Waals surface area contributed by atoms with E-state index >= 15 is 0 Å². The Labute approximate surface area is 199 Å². The Morgan fingerprint density at radius 1 is 1.09 bits per heavy atom. The molecule has 0 saturated carbocycles. The van der Waals surface area contributed by atoms with E-state index in [0.29, 0.717) is 10.7 Å². The van der Waals surface area contributed by atoms with Gasteiger partial charge < -0.3 is 10.6 Å². The molecule has 1 fully saturated rings. The molecule has 1 aliphatic rings. The first-order valence-corrected chi connectivity index (χ1v) is 11.3. The van der Waals surface area contributed by atoms with Crippen LogP contribution in [0.15, 0.2) is 42.6 Å². The Morgan fingerprint density at radius 2 is 1.82 bits per heavy atom. The van der Waals surface area contributed by atoms with Crippen LogP contribution in [-0.2, 0) is 6.18 Å². The van der Waals surface area contributed by atoms with Gasteiger partial charge in [0.25, 0.3) is 11.8 Å². The van der Waals surface area contributed by atoms with Crippen molar-refractivity contribution in [2.75, 3.05) is 16.8 Å². The molecular weight excluding hydrogens is 502 g/mol. The highest BCUT2D eigenvalue weighted by Crippen LogP contribution is 2.32. The van der Waals surface area contributed by atoms with Crippen LogP contribution in [0.1, 0.15) is 26.5 Å². The zero-order chi connectivity index (χ0) is 23.8. The minimum absolute atomic E-state index is 0.00731. The number of para-hydroxylation sites is 1. The molecule has 0 aliphatic carbocycles. The number of thioether (sulfide) groups is 1. The fourth-order valence-corrected chi connectivity index (χ4v) is 4.04. The van der Waals surface area contributed by atoms with E-state index in [9.17, 15) is 22.8 Å². The summed E-state index contributed by atoms with van der Waals surface area (Å²) in [4.78, 5) is 29.7. The molecule has 2 N–H and O–H groups in total. The highest BCUT2D eigenvalue weighted by molar-refractivity contribution is 8.00. The van der Waals surface area contributed by atoms with Crippen LogP contribution in [-0.4, -0.2) is 44.1 Å². The quantitative estimate of drug-likeness (QED) is 0.514. The average molecular weight is 516 g/mol. The molecular formula is C20H14Cl2F3N5O2S. The van der Waals surface area contributed by atoms with Crippen molar-refractivity contribution in [1.29, 1.82) is 0 Å². The summed E-state index contributed by atoms with van der Waals surface area (Å²) in [5.74, 6) is -0.0907. The predicted molar refractivity (Wildman–Crippen MR) is 119 cm³/mol. The van der Waals surface area contributed by atoms with Crippen molar-refractivity contribution in [1.82, 2.24) is 20.1 Å². The Bertz CT molecular complexity index is 1230. The zero-order valence-electron chi connectivity index (χ0n) is 16.5. The topological polar surface area (TPSA) is 88.9 Å². The molecule has 0 bridgehead atoms. The SMILES string of the molecule is O=C(NC1CSC1)c1cccc(Cl)c1NC(=O)c1cc(C(F)(F)F)nn1-c1ncccc1Cl. The summed E-state index contributed by atoms with van der Waals surface area (Å²) in [6.45, 7) is 0. The van der Waals surface area contributed by atoms with Crippen molar-refractivity contribution in [2.24, 2.45) is 0 Å². The van der Waals surface area contributed by atoms with E-state index < -0.39 is 29.4 Å². The van der Waals surface area contributed by atoms with Gasteiger partial charge in [0.15, 0.2) is 11.5 Å². The van der Waals surface area contributed by atoms with Crippen molar-refractivity contribution in [3.05, 3.63) is 69.6 Å². The fourth-order valence-electron chi connectivity index (χ4n) is 2.98. The molecule has 0 spiro atoms. The Hall–Kier alpha value is -2.76. The van der Waals surface area contributed by atoms with Gasteiger partial charge in [-0.15, -0.1) is 0 Å². The van der Waals surface area contributed by atoms with Crippen molar-refractivity contribution in [2.45, 2.75) is 12.2 Å². The summed E-state index contributed by atoms with van der Waals surface area (Å²) in [5.41, 5.74) is -1.77. The van der Waals surface area contributed by atoms with Crippen molar-refractivity contribution in [3.63, 3.8) is 0 Å². The first-order valence-electron chi connectivity index (χ1n) is 9.42. The van der Waals surface area contributed by atoms with Crippen LogP contribution in [0.3, 0.4) is 0 Å². The van der Waals surface area contributed by atoms with Crippen molar-refractivity contribution >= 4 is 52.5 Å². The number of pyridine rings is 1. The van der Waals surface area contributed by atoms with Crippen LogP contribution >= 0.6 is 35.0 Å². The van der Waals surface area contributed by atoms with E-state index in [-0.39, 0.29) is 33.2 Å². The minimum atomic E-state index is -4.82. The number of halogens is 5. The standard InChI is InChI=1S/C20H14Cl2F3N5O2S/c21-12-4-1-3-11(18(31)27-10-8-33-9-10)16(12)28-19(32)14-7-15(20(23,24)25)29-30(14)17-13(22)5-2-6-26-17/h1-7,10H,8-9H2,(H,27,31)(H,28,32). The third-order valence-electron chi connectivity index (χ3n) is 4.64. The third-order valence-corrected chi connectivity index (χ3v) is 6.53. The molecule has 1 aromatic carbocycles. The van der Waals surface area contributed by atoms with Gasteiger partial charge in [-0.25, -0.2) is 9.67 Å². The lowest BCUT2D eigenvalue weighted by Gasteiger charge is -2.26. The maximum Gasteiger partial charge on any atom is 0.435 e. The van der Waals surface area contributed by atoms with Gasteiger partial charge in [-0.1, -0.05) is 29.3 Å². The number of benzene rings is 1. The van der Waals surface area contributed by atoms with E-state index in [1.54, 1.807) is 11.8 Å². The molecule has 3 heterocycles. The summed E-state index contributed by atoms with van der Waals surface area (Å²) in [7, 11) is 0. The van der Waals surface area contributed by atoms with E-state index in [2.05, 4.69) is 20.7 Å². The van der Waals surface area contributed by atoms with Crippen LogP contribution < -0.4 is 10.6 Å². The van der Waals surface area contributed by atoms with Gasteiger partial charge in [0.2, 0.25) is 0 Å². The number of hydrogen-bond acceptors (Lipinski definition) is 5. The van der Waals surface area contributed by atoms with E-state index in [1.165, 1.54) is 36.5 Å². The zero-order valence-corrected chi connectivity index (χ0v) is 18.8. The molecule has 1 saturated heterocycles. The molecule has 13 heteroatoms. The lowest BCUT2D eigenvalue weighted by atomic mass is 10.1. The molecule has 2 aromatic heterocycles. The van der Waals surface area contributed by atoms with Gasteiger partial charge in [0.1, 0.15) is 5.69 Å². The second-order valence-corrected chi connectivity index (χ2v) is 8.85. The molecule has 0 radical (unpaired) electrons. The number of amides is 2. The second-order valence-electron chi connectivity index (χ2n) is 6.96. The largest absolute Gasteiger partial charge is 0.435 e. The van der Waals surface area contributed by atoms with Crippen molar-refractivity contribution in [3.8, 4) is 5.82 Å². The number of anilines is 1. The number of carbonyl (C=O) groups excluding carboxylic acids is 2. The van der Waals surface area contributed by atoms with Crippen LogP contribution in [0.2, 0.25) is 10.0 Å². The second kappa shape index (κ2) is 9.24. The average Bonchev–Trinajstić information content (AvgIpc) is 3.18. The number of aromatic nitrogens is 3. The summed E-state index contributed by atoms with van der Waals surface area (Å²) in [6.07, 6.45) is -3.52. The summed E-state index contributed by atoms with van der Waals surface area (Å²) >= 11 is 14.0. The summed E-state index contributed by atoms with van der Waals surface area (Å²) < 4.78 is 40.7. The lowest BCUT2D eigenvalue weighted by molar-refractivity contribution is -0.141. The molecule has 172 valence electrons. The fraction of sp³-hybridized carbons (Fsp3) is 0.200. The van der Waals surface area contributed by atoms with Crippen LogP contribution in [0.5, 0.6) is 0 Å².